The molecule has 2 rings (SSSR count). The van der Waals surface area contributed by atoms with Crippen molar-refractivity contribution in [1.82, 2.24) is 14.5 Å². The first-order valence-electron chi connectivity index (χ1n) is 9.87. The monoisotopic (exact) mass is 389 g/mol. The van der Waals surface area contributed by atoms with E-state index in [1.54, 1.807) is 4.57 Å². The maximum Gasteiger partial charge on any atom is 0.265 e. The molecule has 5 nitrogen and oxygen atoms in total. The zero-order valence-corrected chi connectivity index (χ0v) is 17.5. The summed E-state index contributed by atoms with van der Waals surface area (Å²) < 4.78 is 1.65. The van der Waals surface area contributed by atoms with E-state index >= 15 is 0 Å². The van der Waals surface area contributed by atoms with Gasteiger partial charge in [-0.1, -0.05) is 63.6 Å². The Bertz CT molecular complexity index is 758. The molecule has 1 aromatic carbocycles. The number of unbranched alkanes of at least 4 members (excludes halogenated alkanes) is 2. The molecule has 0 bridgehead atoms. The van der Waals surface area contributed by atoms with Crippen molar-refractivity contribution in [2.75, 3.05) is 25.4 Å². The lowest BCUT2D eigenvalue weighted by Gasteiger charge is -2.18. The first-order valence-corrected chi connectivity index (χ1v) is 10.9. The largest absolute Gasteiger partial charge is 0.493 e. The lowest BCUT2D eigenvalue weighted by molar-refractivity contribution is 0.323. The second-order valence-corrected chi connectivity index (χ2v) is 7.57. The number of hydrogen-bond donors (Lipinski definition) is 1. The zero-order chi connectivity index (χ0) is 19.6. The highest BCUT2D eigenvalue weighted by molar-refractivity contribution is 7.99. The van der Waals surface area contributed by atoms with Gasteiger partial charge in [-0.3, -0.25) is 9.36 Å². The molecule has 0 aliphatic heterocycles. The highest BCUT2D eigenvalue weighted by atomic mass is 32.2. The summed E-state index contributed by atoms with van der Waals surface area (Å²) in [6, 6.07) is 9.57. The molecule has 0 aliphatic rings. The fourth-order valence-corrected chi connectivity index (χ4v) is 4.00. The summed E-state index contributed by atoms with van der Waals surface area (Å²) in [4.78, 5) is 19.9. The molecular weight excluding hydrogens is 358 g/mol. The van der Waals surface area contributed by atoms with Gasteiger partial charge in [0, 0.05) is 12.3 Å². The first-order chi connectivity index (χ1) is 13.1. The summed E-state index contributed by atoms with van der Waals surface area (Å²) in [5.74, 6) is 0.698. The minimum Gasteiger partial charge on any atom is -0.493 e. The minimum absolute atomic E-state index is 0.117. The number of benzene rings is 1. The van der Waals surface area contributed by atoms with E-state index in [-0.39, 0.29) is 11.4 Å². The van der Waals surface area contributed by atoms with Crippen LogP contribution in [0.2, 0.25) is 0 Å². The number of aromatic hydroxyl groups is 1. The molecule has 0 fully saturated rings. The highest BCUT2D eigenvalue weighted by Crippen LogP contribution is 2.23. The van der Waals surface area contributed by atoms with Crippen LogP contribution in [0.15, 0.2) is 40.3 Å². The van der Waals surface area contributed by atoms with Crippen LogP contribution < -0.4 is 5.56 Å². The van der Waals surface area contributed by atoms with E-state index in [4.69, 9.17) is 0 Å². The standard InChI is InChI=1S/C21H31N3O2S/c1-4-7-9-14-18-19(25)22-21(27-16-15-23(5-2)6-3)24(20(18)26)17-12-10-8-11-13-17/h8,10-13,25H,4-7,9,14-16H2,1-3H3. The van der Waals surface area contributed by atoms with Crippen LogP contribution in [0.25, 0.3) is 5.69 Å². The first kappa shape index (κ1) is 21.5. The molecule has 0 amide bonds. The molecule has 6 heteroatoms. The van der Waals surface area contributed by atoms with Crippen LogP contribution in [0.1, 0.15) is 45.6 Å². The molecule has 0 radical (unpaired) electrons. The molecule has 1 heterocycles. The van der Waals surface area contributed by atoms with E-state index in [1.165, 1.54) is 11.8 Å². The van der Waals surface area contributed by atoms with Crippen molar-refractivity contribution in [2.24, 2.45) is 0 Å². The maximum atomic E-state index is 13.2. The molecule has 0 saturated heterocycles. The molecule has 148 valence electrons. The van der Waals surface area contributed by atoms with Gasteiger partial charge in [-0.25, -0.2) is 0 Å². The predicted molar refractivity (Wildman–Crippen MR) is 113 cm³/mol. The molecule has 1 aromatic heterocycles. The van der Waals surface area contributed by atoms with Gasteiger partial charge in [-0.15, -0.1) is 0 Å². The van der Waals surface area contributed by atoms with Crippen LogP contribution in [0.4, 0.5) is 0 Å². The third-order valence-electron chi connectivity index (χ3n) is 4.70. The van der Waals surface area contributed by atoms with Crippen molar-refractivity contribution in [3.63, 3.8) is 0 Å². The van der Waals surface area contributed by atoms with Gasteiger partial charge in [0.2, 0.25) is 5.88 Å². The summed E-state index contributed by atoms with van der Waals surface area (Å²) in [7, 11) is 0. The van der Waals surface area contributed by atoms with Gasteiger partial charge in [-0.2, -0.15) is 4.98 Å². The van der Waals surface area contributed by atoms with E-state index in [0.717, 1.165) is 50.3 Å². The van der Waals surface area contributed by atoms with E-state index in [2.05, 4.69) is 30.7 Å². The Kier molecular flexibility index (Phi) is 8.88. The normalized spacial score (nSPS) is 11.3. The summed E-state index contributed by atoms with van der Waals surface area (Å²) in [5.41, 5.74) is 1.05. The average Bonchev–Trinajstić information content (AvgIpc) is 2.68. The molecular formula is C21H31N3O2S. The summed E-state index contributed by atoms with van der Waals surface area (Å²) >= 11 is 1.52. The van der Waals surface area contributed by atoms with Crippen LogP contribution in [0.3, 0.4) is 0 Å². The third kappa shape index (κ3) is 5.84. The number of aromatic nitrogens is 2. The molecule has 27 heavy (non-hydrogen) atoms. The molecule has 0 saturated carbocycles. The number of para-hydroxylation sites is 1. The van der Waals surface area contributed by atoms with Crippen molar-refractivity contribution < 1.29 is 5.11 Å². The van der Waals surface area contributed by atoms with Gasteiger partial charge in [0.15, 0.2) is 5.16 Å². The van der Waals surface area contributed by atoms with Gasteiger partial charge in [-0.05, 0) is 38.1 Å². The average molecular weight is 390 g/mol. The summed E-state index contributed by atoms with van der Waals surface area (Å²) in [6.45, 7) is 9.32. The van der Waals surface area contributed by atoms with Crippen LogP contribution in [0.5, 0.6) is 5.88 Å². The molecule has 0 unspecified atom stereocenters. The molecule has 0 aliphatic carbocycles. The third-order valence-corrected chi connectivity index (χ3v) is 5.62. The second-order valence-electron chi connectivity index (χ2n) is 6.51. The van der Waals surface area contributed by atoms with Crippen molar-refractivity contribution in [3.05, 3.63) is 46.2 Å². The maximum absolute atomic E-state index is 13.2. The summed E-state index contributed by atoms with van der Waals surface area (Å²) in [6.07, 6.45) is 3.54. The Morgan fingerprint density at radius 2 is 1.81 bits per heavy atom. The second kappa shape index (κ2) is 11.1. The smallest absolute Gasteiger partial charge is 0.265 e. The van der Waals surface area contributed by atoms with Gasteiger partial charge in [0.25, 0.3) is 5.56 Å². The van der Waals surface area contributed by atoms with Crippen LogP contribution in [0, 0.1) is 0 Å². The topological polar surface area (TPSA) is 58.4 Å². The Morgan fingerprint density at radius 3 is 2.44 bits per heavy atom. The number of rotatable bonds is 11. The van der Waals surface area contributed by atoms with Crippen molar-refractivity contribution in [1.29, 1.82) is 0 Å². The molecule has 1 N–H and O–H groups in total. The van der Waals surface area contributed by atoms with Crippen LogP contribution in [-0.2, 0) is 6.42 Å². The van der Waals surface area contributed by atoms with Crippen LogP contribution >= 0.6 is 11.8 Å². The minimum atomic E-state index is -0.157. The Labute approximate surface area is 166 Å². The summed E-state index contributed by atoms with van der Waals surface area (Å²) in [5, 5.41) is 10.9. The van der Waals surface area contributed by atoms with Gasteiger partial charge >= 0.3 is 0 Å². The quantitative estimate of drug-likeness (QED) is 0.356. The lowest BCUT2D eigenvalue weighted by atomic mass is 10.1. The molecule has 0 atom stereocenters. The number of nitrogens with zero attached hydrogens (tertiary/aromatic N) is 3. The van der Waals surface area contributed by atoms with Gasteiger partial charge in [0.05, 0.1) is 11.3 Å². The van der Waals surface area contributed by atoms with Crippen molar-refractivity contribution in [2.45, 2.75) is 51.6 Å². The van der Waals surface area contributed by atoms with E-state index in [9.17, 15) is 9.90 Å². The van der Waals surface area contributed by atoms with E-state index < -0.39 is 0 Å². The zero-order valence-electron chi connectivity index (χ0n) is 16.6. The van der Waals surface area contributed by atoms with Gasteiger partial charge in [0.1, 0.15) is 0 Å². The highest BCUT2D eigenvalue weighted by Gasteiger charge is 2.17. The van der Waals surface area contributed by atoms with E-state index in [0.29, 0.717) is 17.1 Å². The predicted octanol–water partition coefficient (Wildman–Crippen LogP) is 4.10. The Hall–Kier alpha value is -1.79. The number of thioether (sulfide) groups is 1. The van der Waals surface area contributed by atoms with Crippen molar-refractivity contribution in [3.8, 4) is 11.6 Å². The van der Waals surface area contributed by atoms with E-state index in [1.807, 2.05) is 30.3 Å². The molecule has 0 spiro atoms. The van der Waals surface area contributed by atoms with Gasteiger partial charge < -0.3 is 10.0 Å². The van der Waals surface area contributed by atoms with Crippen LogP contribution in [-0.4, -0.2) is 44.9 Å². The molecule has 2 aromatic rings. The Balaban J connectivity index is 2.35. The Morgan fingerprint density at radius 1 is 1.11 bits per heavy atom. The fourth-order valence-electron chi connectivity index (χ4n) is 3.00. The SMILES string of the molecule is CCCCCc1c(O)nc(SCCN(CC)CC)n(-c2ccccc2)c1=O. The van der Waals surface area contributed by atoms with Crippen molar-refractivity contribution >= 4 is 11.8 Å². The number of hydrogen-bond acceptors (Lipinski definition) is 5. The fraction of sp³-hybridized carbons (Fsp3) is 0.524. The lowest BCUT2D eigenvalue weighted by Crippen LogP contribution is -2.27.